The van der Waals surface area contributed by atoms with Gasteiger partial charge in [0.05, 0.1) is 0 Å². The second-order valence-electron chi connectivity index (χ2n) is 3.91. The van der Waals surface area contributed by atoms with Crippen LogP contribution in [0.2, 0.25) is 0 Å². The van der Waals surface area contributed by atoms with Crippen LogP contribution in [0.15, 0.2) is 0 Å². The number of hydrogen-bond acceptors (Lipinski definition) is 1. The average Bonchev–Trinajstić information content (AvgIpc) is 2.18. The van der Waals surface area contributed by atoms with Gasteiger partial charge in [-0.2, -0.15) is 0 Å². The third-order valence-electron chi connectivity index (χ3n) is 3.56. The first-order chi connectivity index (χ1) is 6.20. The molecule has 0 amide bonds. The first-order valence-corrected chi connectivity index (χ1v) is 5.95. The summed E-state index contributed by atoms with van der Waals surface area (Å²) in [6.07, 6.45) is 5.10. The van der Waals surface area contributed by atoms with Gasteiger partial charge >= 0.3 is 0 Å². The Morgan fingerprint density at radius 1 is 0.923 bits per heavy atom. The van der Waals surface area contributed by atoms with Crippen LogP contribution in [0.25, 0.3) is 0 Å². The molecule has 0 aliphatic rings. The van der Waals surface area contributed by atoms with Gasteiger partial charge in [0.2, 0.25) is 0 Å². The average molecular weight is 185 g/mol. The smallest absolute Gasteiger partial charge is 0.0204 e. The summed E-state index contributed by atoms with van der Waals surface area (Å²) < 4.78 is 0. The van der Waals surface area contributed by atoms with E-state index in [1.54, 1.807) is 0 Å². The largest absolute Gasteiger partial charge is 0.311 e. The van der Waals surface area contributed by atoms with Gasteiger partial charge < -0.3 is 5.32 Å². The molecule has 0 rings (SSSR count). The highest BCUT2D eigenvalue weighted by Gasteiger charge is 2.31. The van der Waals surface area contributed by atoms with E-state index in [-0.39, 0.29) is 0 Å². The lowest BCUT2D eigenvalue weighted by molar-refractivity contribution is 0.182. The molecule has 80 valence electrons. The minimum Gasteiger partial charge on any atom is -0.311 e. The van der Waals surface area contributed by atoms with Crippen LogP contribution in [0.5, 0.6) is 0 Å². The standard InChI is InChI=1S/C12H27N/c1-6-11(7-2)12(8-3,9-4)13-10-5/h11,13H,6-10H2,1-5H3. The molecular formula is C12H27N. The maximum Gasteiger partial charge on any atom is 0.0204 e. The minimum absolute atomic E-state index is 0.401. The van der Waals surface area contributed by atoms with Gasteiger partial charge in [0.25, 0.3) is 0 Å². The number of nitrogens with one attached hydrogen (secondary N) is 1. The Bertz CT molecular complexity index is 112. The van der Waals surface area contributed by atoms with Gasteiger partial charge in [0.15, 0.2) is 0 Å². The Labute approximate surface area is 84.3 Å². The van der Waals surface area contributed by atoms with Crippen LogP contribution >= 0.6 is 0 Å². The molecule has 1 N–H and O–H groups in total. The van der Waals surface area contributed by atoms with E-state index in [0.29, 0.717) is 5.54 Å². The highest BCUT2D eigenvalue weighted by atomic mass is 15.0. The van der Waals surface area contributed by atoms with E-state index in [4.69, 9.17) is 0 Å². The van der Waals surface area contributed by atoms with Crippen LogP contribution in [0.3, 0.4) is 0 Å². The normalized spacial score (nSPS) is 12.5. The SMILES string of the molecule is CCNC(CC)(CC)C(CC)CC. The van der Waals surface area contributed by atoms with Gasteiger partial charge in [-0.05, 0) is 25.3 Å². The Balaban J connectivity index is 4.50. The predicted octanol–water partition coefficient (Wildman–Crippen LogP) is 3.59. The molecule has 0 radical (unpaired) electrons. The summed E-state index contributed by atoms with van der Waals surface area (Å²) in [5, 5.41) is 3.70. The Hall–Kier alpha value is -0.0400. The van der Waals surface area contributed by atoms with Crippen molar-refractivity contribution in [1.82, 2.24) is 5.32 Å². The second kappa shape index (κ2) is 6.42. The zero-order chi connectivity index (χ0) is 10.3. The molecule has 0 aliphatic carbocycles. The lowest BCUT2D eigenvalue weighted by Gasteiger charge is -2.40. The van der Waals surface area contributed by atoms with Crippen molar-refractivity contribution in [1.29, 1.82) is 0 Å². The van der Waals surface area contributed by atoms with Crippen molar-refractivity contribution in [3.05, 3.63) is 0 Å². The third-order valence-corrected chi connectivity index (χ3v) is 3.56. The predicted molar refractivity (Wildman–Crippen MR) is 61.1 cm³/mol. The Morgan fingerprint density at radius 2 is 1.38 bits per heavy atom. The van der Waals surface area contributed by atoms with Crippen molar-refractivity contribution >= 4 is 0 Å². The van der Waals surface area contributed by atoms with E-state index in [1.165, 1.54) is 25.7 Å². The van der Waals surface area contributed by atoms with E-state index in [2.05, 4.69) is 39.9 Å². The molecule has 0 saturated heterocycles. The lowest BCUT2D eigenvalue weighted by Crippen LogP contribution is -2.50. The summed E-state index contributed by atoms with van der Waals surface area (Å²) in [4.78, 5) is 0. The molecule has 0 aliphatic heterocycles. The maximum atomic E-state index is 3.70. The lowest BCUT2D eigenvalue weighted by atomic mass is 9.76. The van der Waals surface area contributed by atoms with Gasteiger partial charge in [-0.15, -0.1) is 0 Å². The van der Waals surface area contributed by atoms with Gasteiger partial charge in [0.1, 0.15) is 0 Å². The zero-order valence-corrected chi connectivity index (χ0v) is 10.1. The van der Waals surface area contributed by atoms with Gasteiger partial charge in [-0.3, -0.25) is 0 Å². The van der Waals surface area contributed by atoms with Crippen LogP contribution in [-0.2, 0) is 0 Å². The molecule has 0 atom stereocenters. The van der Waals surface area contributed by atoms with Crippen molar-refractivity contribution in [2.45, 2.75) is 65.8 Å². The highest BCUT2D eigenvalue weighted by molar-refractivity contribution is 4.90. The minimum atomic E-state index is 0.401. The molecule has 0 aromatic heterocycles. The first-order valence-electron chi connectivity index (χ1n) is 5.95. The van der Waals surface area contributed by atoms with E-state index in [0.717, 1.165) is 12.5 Å². The second-order valence-corrected chi connectivity index (χ2v) is 3.91. The first kappa shape index (κ1) is 13.0. The van der Waals surface area contributed by atoms with Crippen molar-refractivity contribution in [3.63, 3.8) is 0 Å². The summed E-state index contributed by atoms with van der Waals surface area (Å²) in [6.45, 7) is 12.5. The van der Waals surface area contributed by atoms with Crippen LogP contribution in [0.1, 0.15) is 60.3 Å². The molecule has 1 nitrogen and oxygen atoms in total. The topological polar surface area (TPSA) is 12.0 Å². The van der Waals surface area contributed by atoms with Crippen molar-refractivity contribution in [2.75, 3.05) is 6.54 Å². The van der Waals surface area contributed by atoms with Gasteiger partial charge in [0, 0.05) is 5.54 Å². The van der Waals surface area contributed by atoms with Crippen molar-refractivity contribution in [2.24, 2.45) is 5.92 Å². The van der Waals surface area contributed by atoms with Gasteiger partial charge in [-0.25, -0.2) is 0 Å². The van der Waals surface area contributed by atoms with Crippen molar-refractivity contribution < 1.29 is 0 Å². The molecule has 0 saturated carbocycles. The fourth-order valence-electron chi connectivity index (χ4n) is 2.64. The Morgan fingerprint density at radius 3 is 1.62 bits per heavy atom. The molecule has 1 heteroatoms. The summed E-state index contributed by atoms with van der Waals surface area (Å²) in [6, 6.07) is 0. The van der Waals surface area contributed by atoms with E-state index in [1.807, 2.05) is 0 Å². The summed E-state index contributed by atoms with van der Waals surface area (Å²) in [7, 11) is 0. The van der Waals surface area contributed by atoms with E-state index >= 15 is 0 Å². The summed E-state index contributed by atoms with van der Waals surface area (Å²) in [5.74, 6) is 0.836. The molecule has 13 heavy (non-hydrogen) atoms. The molecular weight excluding hydrogens is 158 g/mol. The maximum absolute atomic E-state index is 3.70. The highest BCUT2D eigenvalue weighted by Crippen LogP contribution is 2.30. The van der Waals surface area contributed by atoms with E-state index < -0.39 is 0 Å². The molecule has 0 unspecified atom stereocenters. The zero-order valence-electron chi connectivity index (χ0n) is 10.1. The van der Waals surface area contributed by atoms with Crippen LogP contribution in [0.4, 0.5) is 0 Å². The molecule has 0 aromatic rings. The monoisotopic (exact) mass is 185 g/mol. The molecule has 0 spiro atoms. The third kappa shape index (κ3) is 2.98. The fraction of sp³-hybridized carbons (Fsp3) is 1.00. The molecule has 0 aromatic carbocycles. The number of hydrogen-bond donors (Lipinski definition) is 1. The van der Waals surface area contributed by atoms with Crippen LogP contribution in [-0.4, -0.2) is 12.1 Å². The number of rotatable bonds is 7. The summed E-state index contributed by atoms with van der Waals surface area (Å²) in [5.41, 5.74) is 0.401. The summed E-state index contributed by atoms with van der Waals surface area (Å²) >= 11 is 0. The quantitative estimate of drug-likeness (QED) is 0.639. The molecule has 0 fully saturated rings. The fourth-order valence-corrected chi connectivity index (χ4v) is 2.64. The Kier molecular flexibility index (Phi) is 6.40. The van der Waals surface area contributed by atoms with E-state index in [9.17, 15) is 0 Å². The molecule has 0 heterocycles. The van der Waals surface area contributed by atoms with Crippen molar-refractivity contribution in [3.8, 4) is 0 Å². The van der Waals surface area contributed by atoms with Crippen LogP contribution < -0.4 is 5.32 Å². The van der Waals surface area contributed by atoms with Gasteiger partial charge in [-0.1, -0.05) is 47.5 Å². The van der Waals surface area contributed by atoms with Crippen LogP contribution in [0, 0.1) is 5.92 Å². The molecule has 0 bridgehead atoms.